The van der Waals surface area contributed by atoms with Crippen LogP contribution in [0, 0.1) is 5.92 Å². The first kappa shape index (κ1) is 21.5. The van der Waals surface area contributed by atoms with E-state index in [1.165, 1.54) is 11.3 Å². The number of thiazole rings is 1. The van der Waals surface area contributed by atoms with Crippen LogP contribution in [-0.2, 0) is 14.6 Å². The molecule has 3 aromatic rings. The van der Waals surface area contributed by atoms with Gasteiger partial charge in [0.2, 0.25) is 5.91 Å². The zero-order valence-electron chi connectivity index (χ0n) is 17.2. The van der Waals surface area contributed by atoms with Gasteiger partial charge in [-0.05, 0) is 42.7 Å². The van der Waals surface area contributed by atoms with Gasteiger partial charge in [-0.3, -0.25) is 9.59 Å². The van der Waals surface area contributed by atoms with Gasteiger partial charge >= 0.3 is 0 Å². The van der Waals surface area contributed by atoms with Crippen molar-refractivity contribution in [2.45, 2.75) is 32.4 Å². The number of benzene rings is 1. The Hall–Kier alpha value is -2.72. The van der Waals surface area contributed by atoms with Crippen LogP contribution in [0.4, 0.5) is 0 Å². The third-order valence-corrected chi connectivity index (χ3v) is 8.08. The lowest BCUT2D eigenvalue weighted by molar-refractivity contribution is -0.124. The van der Waals surface area contributed by atoms with Crippen molar-refractivity contribution in [3.8, 4) is 5.13 Å². The zero-order chi connectivity index (χ0) is 22.2. The van der Waals surface area contributed by atoms with E-state index in [9.17, 15) is 18.0 Å². The second-order valence-electron chi connectivity index (χ2n) is 8.07. The average Bonchev–Trinajstić information content (AvgIpc) is 3.44. The van der Waals surface area contributed by atoms with Gasteiger partial charge < -0.3 is 15.2 Å². The van der Waals surface area contributed by atoms with Crippen LogP contribution < -0.4 is 10.6 Å². The molecule has 31 heavy (non-hydrogen) atoms. The number of carbonyl (C=O) groups excluding carboxylic acids is 2. The molecule has 164 valence electrons. The fourth-order valence-corrected chi connectivity index (χ4v) is 6.23. The Balaban J connectivity index is 1.48. The van der Waals surface area contributed by atoms with Crippen LogP contribution in [-0.4, -0.2) is 53.4 Å². The number of aromatic nitrogens is 2. The van der Waals surface area contributed by atoms with Gasteiger partial charge in [0.25, 0.3) is 5.91 Å². The zero-order valence-corrected chi connectivity index (χ0v) is 18.9. The van der Waals surface area contributed by atoms with Gasteiger partial charge in [0.15, 0.2) is 15.0 Å². The monoisotopic (exact) mass is 460 g/mol. The highest BCUT2D eigenvalue weighted by Crippen LogP contribution is 2.26. The van der Waals surface area contributed by atoms with E-state index in [0.29, 0.717) is 12.0 Å². The van der Waals surface area contributed by atoms with Gasteiger partial charge in [0, 0.05) is 24.0 Å². The van der Waals surface area contributed by atoms with Gasteiger partial charge in [0.1, 0.15) is 6.04 Å². The molecule has 1 aromatic carbocycles. The summed E-state index contributed by atoms with van der Waals surface area (Å²) in [7, 11) is -3.10. The number of sulfone groups is 1. The van der Waals surface area contributed by atoms with Crippen molar-refractivity contribution in [2.24, 2.45) is 5.92 Å². The van der Waals surface area contributed by atoms with Gasteiger partial charge in [0.05, 0.1) is 21.7 Å². The highest BCUT2D eigenvalue weighted by molar-refractivity contribution is 7.91. The Morgan fingerprint density at radius 3 is 2.61 bits per heavy atom. The van der Waals surface area contributed by atoms with Gasteiger partial charge in [-0.15, -0.1) is 0 Å². The van der Waals surface area contributed by atoms with E-state index in [1.54, 1.807) is 18.2 Å². The number of carbonyl (C=O) groups is 2. The molecule has 2 aromatic heterocycles. The van der Waals surface area contributed by atoms with Crippen molar-refractivity contribution in [2.75, 3.05) is 11.5 Å². The fourth-order valence-electron chi connectivity index (χ4n) is 3.59. The lowest BCUT2D eigenvalue weighted by atomic mass is 10.0. The van der Waals surface area contributed by atoms with Crippen LogP contribution in [0.1, 0.15) is 30.6 Å². The number of hydrogen-bond donors (Lipinski definition) is 2. The first-order chi connectivity index (χ1) is 14.7. The number of nitrogens with zero attached hydrogens (tertiary/aromatic N) is 2. The molecule has 2 atom stereocenters. The van der Waals surface area contributed by atoms with Gasteiger partial charge in [-0.25, -0.2) is 13.4 Å². The standard InChI is InChI=1S/C21H24N4O4S2/c1-13(2)18(20(27)22-15-7-10-31(28,29)12-15)24-19(26)14-5-6-16-17(11-14)30-21(23-16)25-8-3-4-9-25/h3-6,8-9,11,13,15,18H,7,10,12H2,1-2H3,(H,22,27)(H,24,26)/t15?,18-/m0/s1. The lowest BCUT2D eigenvalue weighted by Crippen LogP contribution is -2.52. The van der Waals surface area contributed by atoms with Crippen molar-refractivity contribution >= 4 is 43.2 Å². The molecule has 1 fully saturated rings. The third-order valence-electron chi connectivity index (χ3n) is 5.28. The fraction of sp³-hybridized carbons (Fsp3) is 0.381. The Morgan fingerprint density at radius 2 is 1.97 bits per heavy atom. The first-order valence-corrected chi connectivity index (χ1v) is 12.7. The summed E-state index contributed by atoms with van der Waals surface area (Å²) >= 11 is 1.47. The molecule has 0 bridgehead atoms. The largest absolute Gasteiger partial charge is 0.351 e. The van der Waals surface area contributed by atoms with E-state index in [4.69, 9.17) is 0 Å². The minimum absolute atomic E-state index is 0.0523. The van der Waals surface area contributed by atoms with Gasteiger partial charge in [-0.2, -0.15) is 0 Å². The Morgan fingerprint density at radius 1 is 1.23 bits per heavy atom. The van der Waals surface area contributed by atoms with E-state index >= 15 is 0 Å². The Kier molecular flexibility index (Phi) is 5.85. The number of hydrogen-bond acceptors (Lipinski definition) is 6. The summed E-state index contributed by atoms with van der Waals surface area (Å²) < 4.78 is 26.1. The minimum atomic E-state index is -3.10. The van der Waals surface area contributed by atoms with Crippen LogP contribution in [0.15, 0.2) is 42.7 Å². The Bertz CT molecular complexity index is 1220. The number of fused-ring (bicyclic) bond motifs is 1. The SMILES string of the molecule is CC(C)[C@H](NC(=O)c1ccc2nc(-n3cccc3)sc2c1)C(=O)NC1CCS(=O)(=O)C1. The molecule has 1 saturated heterocycles. The molecule has 2 amide bonds. The van der Waals surface area contributed by atoms with E-state index in [-0.39, 0.29) is 29.2 Å². The highest BCUT2D eigenvalue weighted by Gasteiger charge is 2.32. The van der Waals surface area contributed by atoms with E-state index in [1.807, 2.05) is 42.9 Å². The maximum absolute atomic E-state index is 12.9. The number of nitrogens with one attached hydrogen (secondary N) is 2. The molecule has 1 aliphatic heterocycles. The molecule has 2 N–H and O–H groups in total. The molecule has 0 aliphatic carbocycles. The quantitative estimate of drug-likeness (QED) is 0.586. The summed E-state index contributed by atoms with van der Waals surface area (Å²) in [5, 5.41) is 6.39. The topological polar surface area (TPSA) is 110 Å². The second-order valence-corrected chi connectivity index (χ2v) is 11.3. The summed E-state index contributed by atoms with van der Waals surface area (Å²) in [6.07, 6.45) is 4.22. The van der Waals surface area contributed by atoms with Crippen molar-refractivity contribution in [3.05, 3.63) is 48.3 Å². The first-order valence-electron chi connectivity index (χ1n) is 10.1. The molecular formula is C21H24N4O4S2. The molecule has 1 aliphatic rings. The van der Waals surface area contributed by atoms with Crippen molar-refractivity contribution in [3.63, 3.8) is 0 Å². The van der Waals surface area contributed by atoms with Crippen LogP contribution >= 0.6 is 11.3 Å². The normalized spacial score (nSPS) is 18.9. The minimum Gasteiger partial charge on any atom is -0.351 e. The maximum atomic E-state index is 12.9. The van der Waals surface area contributed by atoms with E-state index in [0.717, 1.165) is 15.3 Å². The van der Waals surface area contributed by atoms with Crippen LogP contribution in [0.2, 0.25) is 0 Å². The maximum Gasteiger partial charge on any atom is 0.251 e. The van der Waals surface area contributed by atoms with Crippen molar-refractivity contribution in [1.29, 1.82) is 0 Å². The summed E-state index contributed by atoms with van der Waals surface area (Å²) in [6, 6.07) is 7.93. The summed E-state index contributed by atoms with van der Waals surface area (Å²) in [5.41, 5.74) is 1.24. The predicted octanol–water partition coefficient (Wildman–Crippen LogP) is 2.14. The van der Waals surface area contributed by atoms with E-state index < -0.39 is 21.9 Å². The smallest absolute Gasteiger partial charge is 0.251 e. The van der Waals surface area contributed by atoms with Crippen molar-refractivity contribution < 1.29 is 18.0 Å². The van der Waals surface area contributed by atoms with Gasteiger partial charge in [-0.1, -0.05) is 25.2 Å². The molecule has 3 heterocycles. The summed E-state index contributed by atoms with van der Waals surface area (Å²) in [5.74, 6) is -0.848. The van der Waals surface area contributed by atoms with Crippen LogP contribution in [0.3, 0.4) is 0 Å². The molecule has 4 rings (SSSR count). The Labute approximate surface area is 184 Å². The van der Waals surface area contributed by atoms with E-state index in [2.05, 4.69) is 15.6 Å². The summed E-state index contributed by atoms with van der Waals surface area (Å²) in [6.45, 7) is 3.68. The molecule has 0 radical (unpaired) electrons. The van der Waals surface area contributed by atoms with Crippen molar-refractivity contribution in [1.82, 2.24) is 20.2 Å². The number of rotatable bonds is 6. The average molecular weight is 461 g/mol. The predicted molar refractivity (Wildman–Crippen MR) is 120 cm³/mol. The molecule has 1 unspecified atom stereocenters. The molecule has 8 nitrogen and oxygen atoms in total. The molecule has 0 saturated carbocycles. The van der Waals surface area contributed by atoms with Crippen LogP contribution in [0.5, 0.6) is 0 Å². The number of amides is 2. The molecular weight excluding hydrogens is 436 g/mol. The third kappa shape index (κ3) is 4.80. The molecule has 10 heteroatoms. The summed E-state index contributed by atoms with van der Waals surface area (Å²) in [4.78, 5) is 30.2. The highest BCUT2D eigenvalue weighted by atomic mass is 32.2. The lowest BCUT2D eigenvalue weighted by Gasteiger charge is -2.23. The second kappa shape index (κ2) is 8.43. The molecule has 0 spiro atoms. The van der Waals surface area contributed by atoms with Crippen LogP contribution in [0.25, 0.3) is 15.3 Å².